The summed E-state index contributed by atoms with van der Waals surface area (Å²) in [7, 11) is 0. The van der Waals surface area contributed by atoms with Crippen LogP contribution in [0.25, 0.3) is 60.5 Å². The molecule has 0 amide bonds. The summed E-state index contributed by atoms with van der Waals surface area (Å²) in [6.45, 7) is 4.73. The topological polar surface area (TPSA) is 11.4 Å². The van der Waals surface area contributed by atoms with Crippen LogP contribution >= 0.6 is 0 Å². The van der Waals surface area contributed by atoms with Crippen LogP contribution in [0.3, 0.4) is 0 Å². The van der Waals surface area contributed by atoms with E-state index in [-0.39, 0.29) is 5.41 Å². The van der Waals surface area contributed by atoms with E-state index in [9.17, 15) is 0 Å². The Kier molecular flexibility index (Phi) is 9.99. The second kappa shape index (κ2) is 16.8. The van der Waals surface area contributed by atoms with Crippen LogP contribution in [0.2, 0.25) is 0 Å². The van der Waals surface area contributed by atoms with Crippen LogP contribution in [-0.4, -0.2) is 4.57 Å². The fourth-order valence-corrected chi connectivity index (χ4v) is 11.4. The molecule has 70 heavy (non-hydrogen) atoms. The van der Waals surface area contributed by atoms with Crippen LogP contribution < -0.4 is 9.80 Å². The van der Waals surface area contributed by atoms with Crippen molar-refractivity contribution in [2.75, 3.05) is 9.80 Å². The van der Waals surface area contributed by atoms with Gasteiger partial charge in [0.25, 0.3) is 0 Å². The van der Waals surface area contributed by atoms with Gasteiger partial charge in [-0.3, -0.25) is 0 Å². The minimum absolute atomic E-state index is 0.142. The summed E-state index contributed by atoms with van der Waals surface area (Å²) in [5.74, 6) is 0.366. The number of hydrogen-bond donors (Lipinski definition) is 0. The second-order valence-corrected chi connectivity index (χ2v) is 19.3. The van der Waals surface area contributed by atoms with Crippen molar-refractivity contribution >= 4 is 66.7 Å². The molecule has 1 aromatic heterocycles. The number of rotatable bonds is 9. The molecule has 0 saturated carbocycles. The maximum absolute atomic E-state index is 2.44. The fraction of sp³-hybridized carbons (Fsp3) is 0.0746. The maximum Gasteiger partial charge on any atom is 0.0541 e. The van der Waals surface area contributed by atoms with E-state index >= 15 is 0 Å². The van der Waals surface area contributed by atoms with Crippen LogP contribution in [0.5, 0.6) is 0 Å². The van der Waals surface area contributed by atoms with Gasteiger partial charge in [0.2, 0.25) is 0 Å². The van der Waals surface area contributed by atoms with E-state index < -0.39 is 0 Å². The average Bonchev–Trinajstić information content (AvgIpc) is 3.87. The fourth-order valence-electron chi connectivity index (χ4n) is 11.4. The van der Waals surface area contributed by atoms with Gasteiger partial charge in [-0.05, 0) is 148 Å². The molecule has 1 atom stereocenters. The summed E-state index contributed by atoms with van der Waals surface area (Å²) in [6.07, 6.45) is 9.90. The van der Waals surface area contributed by atoms with Crippen molar-refractivity contribution in [3.8, 4) is 27.9 Å². The molecule has 0 aliphatic heterocycles. The van der Waals surface area contributed by atoms with E-state index in [2.05, 4.69) is 283 Å². The standard InChI is InChI=1S/C67H51N3/c1-67(2)62-28-16-14-26-57(62)58-39-37-56(45-63(58)67)68(51-22-8-4-9-23-51)55-38-41-65(69(52-24-10-5-11-25-52)53-34-30-48(31-35-53)46-18-6-3-7-19-46)60(44-55)50-33-40-66-61(43-50)59-27-15-17-29-64(59)70(66)54-36-32-47-20-12-13-21-49(47)42-54/h3-18,20-46H,19H2,1-2H3. The summed E-state index contributed by atoms with van der Waals surface area (Å²) in [4.78, 5) is 4.87. The van der Waals surface area contributed by atoms with Crippen LogP contribution in [0.1, 0.15) is 42.9 Å². The number of allylic oxidation sites excluding steroid dienone is 4. The van der Waals surface area contributed by atoms with Crippen LogP contribution in [-0.2, 0) is 5.41 Å². The minimum Gasteiger partial charge on any atom is -0.310 e. The molecule has 0 N–H and O–H groups in total. The van der Waals surface area contributed by atoms with Gasteiger partial charge in [0.15, 0.2) is 0 Å². The highest BCUT2D eigenvalue weighted by Crippen LogP contribution is 2.52. The molecule has 3 heteroatoms. The van der Waals surface area contributed by atoms with Gasteiger partial charge in [0.05, 0.1) is 16.7 Å². The molecule has 2 aliphatic rings. The first-order valence-electron chi connectivity index (χ1n) is 24.5. The molecule has 10 aromatic carbocycles. The van der Waals surface area contributed by atoms with Gasteiger partial charge < -0.3 is 14.4 Å². The largest absolute Gasteiger partial charge is 0.310 e. The third-order valence-corrected chi connectivity index (χ3v) is 14.9. The van der Waals surface area contributed by atoms with Crippen molar-refractivity contribution in [1.82, 2.24) is 4.57 Å². The van der Waals surface area contributed by atoms with E-state index in [4.69, 9.17) is 0 Å². The minimum atomic E-state index is -0.142. The van der Waals surface area contributed by atoms with Crippen molar-refractivity contribution in [2.45, 2.75) is 31.6 Å². The smallest absolute Gasteiger partial charge is 0.0541 e. The summed E-state index contributed by atoms with van der Waals surface area (Å²) >= 11 is 0. The molecule has 1 unspecified atom stereocenters. The second-order valence-electron chi connectivity index (χ2n) is 19.3. The Bertz CT molecular complexity index is 3840. The third kappa shape index (κ3) is 6.96. The predicted molar refractivity (Wildman–Crippen MR) is 296 cm³/mol. The average molecular weight is 898 g/mol. The van der Waals surface area contributed by atoms with E-state index in [0.717, 1.165) is 57.4 Å². The number of benzene rings is 10. The molecular weight excluding hydrogens is 847 g/mol. The third-order valence-electron chi connectivity index (χ3n) is 14.9. The first-order chi connectivity index (χ1) is 34.5. The van der Waals surface area contributed by atoms with Crippen molar-refractivity contribution in [2.24, 2.45) is 0 Å². The summed E-state index contributed by atoms with van der Waals surface area (Å²) in [6, 6.07) is 85.3. The first kappa shape index (κ1) is 41.5. The lowest BCUT2D eigenvalue weighted by Gasteiger charge is -2.31. The van der Waals surface area contributed by atoms with E-state index in [1.165, 1.54) is 60.4 Å². The lowest BCUT2D eigenvalue weighted by molar-refractivity contribution is 0.660. The molecule has 0 spiro atoms. The first-order valence-corrected chi connectivity index (χ1v) is 24.5. The molecule has 2 aliphatic carbocycles. The normalized spacial score (nSPS) is 14.5. The van der Waals surface area contributed by atoms with Crippen molar-refractivity contribution in [1.29, 1.82) is 0 Å². The van der Waals surface area contributed by atoms with Gasteiger partial charge in [0.1, 0.15) is 0 Å². The Hall–Kier alpha value is -8.66. The molecule has 0 bridgehead atoms. The van der Waals surface area contributed by atoms with E-state index in [1.807, 2.05) is 0 Å². The summed E-state index contributed by atoms with van der Waals surface area (Å²) in [5, 5.41) is 4.90. The van der Waals surface area contributed by atoms with Gasteiger partial charge in [0, 0.05) is 61.8 Å². The van der Waals surface area contributed by atoms with Crippen LogP contribution in [0.15, 0.2) is 255 Å². The quantitative estimate of drug-likeness (QED) is 0.143. The highest BCUT2D eigenvalue weighted by Gasteiger charge is 2.36. The van der Waals surface area contributed by atoms with E-state index in [1.54, 1.807) is 0 Å². The Morgan fingerprint density at radius 3 is 1.87 bits per heavy atom. The molecule has 1 heterocycles. The molecule has 11 aromatic rings. The molecular formula is C67H51N3. The number of para-hydroxylation sites is 3. The van der Waals surface area contributed by atoms with Crippen molar-refractivity contribution in [3.05, 3.63) is 272 Å². The Balaban J connectivity index is 1.03. The summed E-state index contributed by atoms with van der Waals surface area (Å²) in [5.41, 5.74) is 18.9. The lowest BCUT2D eigenvalue weighted by Crippen LogP contribution is -2.17. The molecule has 0 saturated heterocycles. The van der Waals surface area contributed by atoms with Gasteiger partial charge in [-0.25, -0.2) is 0 Å². The highest BCUT2D eigenvalue weighted by molar-refractivity contribution is 6.11. The zero-order valence-corrected chi connectivity index (χ0v) is 39.4. The Morgan fingerprint density at radius 2 is 1.07 bits per heavy atom. The van der Waals surface area contributed by atoms with Gasteiger partial charge >= 0.3 is 0 Å². The number of hydrogen-bond acceptors (Lipinski definition) is 2. The zero-order chi connectivity index (χ0) is 46.8. The Labute approximate surface area is 410 Å². The number of nitrogens with zero attached hydrogens (tertiary/aromatic N) is 3. The van der Waals surface area contributed by atoms with Gasteiger partial charge in [-0.2, -0.15) is 0 Å². The molecule has 0 fully saturated rings. The van der Waals surface area contributed by atoms with Crippen molar-refractivity contribution in [3.63, 3.8) is 0 Å². The molecule has 0 radical (unpaired) electrons. The SMILES string of the molecule is CC1(C)c2ccccc2-c2ccc(N(c3ccccc3)c3ccc(N(c4ccccc4)c4ccc(C5C=CC=CC5)cc4)c(-c4ccc5c(c4)c4ccccc4n5-c4ccc5ccccc5c4)c3)cc21. The predicted octanol–water partition coefficient (Wildman–Crippen LogP) is 18.4. The zero-order valence-electron chi connectivity index (χ0n) is 39.4. The van der Waals surface area contributed by atoms with Crippen LogP contribution in [0.4, 0.5) is 34.1 Å². The van der Waals surface area contributed by atoms with Crippen LogP contribution in [0, 0.1) is 0 Å². The highest BCUT2D eigenvalue weighted by atomic mass is 15.2. The molecule has 334 valence electrons. The van der Waals surface area contributed by atoms with Gasteiger partial charge in [-0.15, -0.1) is 0 Å². The number of aromatic nitrogens is 1. The van der Waals surface area contributed by atoms with E-state index in [0.29, 0.717) is 5.92 Å². The molecule has 13 rings (SSSR count). The molecule has 3 nitrogen and oxygen atoms in total. The number of anilines is 6. The van der Waals surface area contributed by atoms with Gasteiger partial charge in [-0.1, -0.05) is 172 Å². The number of fused-ring (bicyclic) bond motifs is 7. The summed E-state index contributed by atoms with van der Waals surface area (Å²) < 4.78 is 2.43. The monoisotopic (exact) mass is 897 g/mol. The van der Waals surface area contributed by atoms with Crippen molar-refractivity contribution < 1.29 is 0 Å². The lowest BCUT2D eigenvalue weighted by atomic mass is 9.82. The Morgan fingerprint density at radius 1 is 0.429 bits per heavy atom. The maximum atomic E-state index is 2.44.